The SMILES string of the molecule is O=C(NC1CCCCC1)[C@@H]1CCCN(CCCc2nc3ccccc3o2)C1. The van der Waals surface area contributed by atoms with Gasteiger partial charge in [0.2, 0.25) is 5.91 Å². The number of amides is 1. The number of nitrogens with one attached hydrogen (secondary N) is 1. The summed E-state index contributed by atoms with van der Waals surface area (Å²) in [6.07, 6.45) is 10.2. The summed E-state index contributed by atoms with van der Waals surface area (Å²) in [5.74, 6) is 1.26. The number of fused-ring (bicyclic) bond motifs is 1. The molecule has 0 unspecified atom stereocenters. The second-order valence-electron chi connectivity index (χ2n) is 8.16. The molecule has 0 radical (unpaired) electrons. The van der Waals surface area contributed by atoms with Crippen molar-refractivity contribution in [3.8, 4) is 0 Å². The van der Waals surface area contributed by atoms with Crippen LogP contribution < -0.4 is 5.32 Å². The Labute approximate surface area is 161 Å². The van der Waals surface area contributed by atoms with E-state index in [0.717, 1.165) is 75.1 Å². The highest BCUT2D eigenvalue weighted by Gasteiger charge is 2.27. The van der Waals surface area contributed by atoms with Crippen LogP contribution in [0, 0.1) is 5.92 Å². The molecule has 5 nitrogen and oxygen atoms in total. The van der Waals surface area contributed by atoms with Crippen molar-refractivity contribution in [3.63, 3.8) is 0 Å². The van der Waals surface area contributed by atoms with Gasteiger partial charge in [0, 0.05) is 19.0 Å². The molecule has 2 aromatic rings. The number of piperidine rings is 1. The van der Waals surface area contributed by atoms with Crippen LogP contribution in [-0.2, 0) is 11.2 Å². The van der Waals surface area contributed by atoms with E-state index >= 15 is 0 Å². The van der Waals surface area contributed by atoms with E-state index < -0.39 is 0 Å². The molecule has 2 heterocycles. The van der Waals surface area contributed by atoms with Crippen LogP contribution in [0.3, 0.4) is 0 Å². The number of carbonyl (C=O) groups is 1. The predicted molar refractivity (Wildman–Crippen MR) is 107 cm³/mol. The molecule has 2 aliphatic rings. The fourth-order valence-electron chi connectivity index (χ4n) is 4.52. The second-order valence-corrected chi connectivity index (χ2v) is 8.16. The van der Waals surface area contributed by atoms with E-state index in [-0.39, 0.29) is 11.8 Å². The monoisotopic (exact) mass is 369 g/mol. The standard InChI is InChI=1S/C22H31N3O2/c26-22(23-18-9-2-1-3-10-18)17-8-6-14-25(16-17)15-7-13-21-24-19-11-4-5-12-20(19)27-21/h4-5,11-12,17-18H,1-3,6-10,13-16H2,(H,23,26)/t17-/m1/s1. The molecule has 5 heteroatoms. The molecule has 4 rings (SSSR count). The first-order valence-corrected chi connectivity index (χ1v) is 10.6. The van der Waals surface area contributed by atoms with Crippen LogP contribution in [0.15, 0.2) is 28.7 Å². The smallest absolute Gasteiger partial charge is 0.224 e. The van der Waals surface area contributed by atoms with Gasteiger partial charge in [-0.2, -0.15) is 0 Å². The molecule has 2 fully saturated rings. The first-order chi connectivity index (χ1) is 13.3. The Kier molecular flexibility index (Phi) is 6.07. The highest BCUT2D eigenvalue weighted by molar-refractivity contribution is 5.79. The summed E-state index contributed by atoms with van der Waals surface area (Å²) in [5, 5.41) is 3.32. The molecule has 1 amide bonds. The summed E-state index contributed by atoms with van der Waals surface area (Å²) >= 11 is 0. The van der Waals surface area contributed by atoms with E-state index in [1.807, 2.05) is 24.3 Å². The number of hydrogen-bond donors (Lipinski definition) is 1. The minimum Gasteiger partial charge on any atom is -0.441 e. The van der Waals surface area contributed by atoms with Crippen LogP contribution in [0.2, 0.25) is 0 Å². The zero-order chi connectivity index (χ0) is 18.5. The Bertz CT molecular complexity index is 718. The highest BCUT2D eigenvalue weighted by Crippen LogP contribution is 2.21. The number of likely N-dealkylation sites (tertiary alicyclic amines) is 1. The Hall–Kier alpha value is -1.88. The van der Waals surface area contributed by atoms with Crippen molar-refractivity contribution in [1.29, 1.82) is 0 Å². The second kappa shape index (κ2) is 8.87. The quantitative estimate of drug-likeness (QED) is 0.838. The number of carbonyl (C=O) groups excluding carboxylic acids is 1. The molecular weight excluding hydrogens is 338 g/mol. The van der Waals surface area contributed by atoms with E-state index in [1.54, 1.807) is 0 Å². The summed E-state index contributed by atoms with van der Waals surface area (Å²) in [6, 6.07) is 8.33. The fourth-order valence-corrected chi connectivity index (χ4v) is 4.52. The van der Waals surface area contributed by atoms with Gasteiger partial charge < -0.3 is 14.6 Å². The van der Waals surface area contributed by atoms with Gasteiger partial charge in [-0.1, -0.05) is 31.4 Å². The molecule has 27 heavy (non-hydrogen) atoms. The van der Waals surface area contributed by atoms with Crippen LogP contribution in [0.1, 0.15) is 57.3 Å². The first kappa shape index (κ1) is 18.5. The lowest BCUT2D eigenvalue weighted by Gasteiger charge is -2.33. The number of hydrogen-bond acceptors (Lipinski definition) is 4. The third-order valence-corrected chi connectivity index (χ3v) is 6.03. The highest BCUT2D eigenvalue weighted by atomic mass is 16.3. The molecule has 146 valence electrons. The number of benzene rings is 1. The van der Waals surface area contributed by atoms with Gasteiger partial charge in [0.15, 0.2) is 11.5 Å². The maximum Gasteiger partial charge on any atom is 0.224 e. The van der Waals surface area contributed by atoms with Crippen LogP contribution in [0.4, 0.5) is 0 Å². The third kappa shape index (κ3) is 4.89. The van der Waals surface area contributed by atoms with Gasteiger partial charge in [-0.05, 0) is 57.3 Å². The normalized spacial score (nSPS) is 22.1. The average molecular weight is 370 g/mol. The molecule has 1 saturated carbocycles. The molecule has 1 atom stereocenters. The molecule has 1 aromatic heterocycles. The number of aromatic nitrogens is 1. The lowest BCUT2D eigenvalue weighted by Crippen LogP contribution is -2.46. The van der Waals surface area contributed by atoms with E-state index in [4.69, 9.17) is 4.42 Å². The number of para-hydroxylation sites is 2. The maximum atomic E-state index is 12.6. The third-order valence-electron chi connectivity index (χ3n) is 6.03. The Balaban J connectivity index is 1.22. The van der Waals surface area contributed by atoms with Gasteiger partial charge in [0.1, 0.15) is 5.52 Å². The van der Waals surface area contributed by atoms with Crippen molar-refractivity contribution < 1.29 is 9.21 Å². The minimum atomic E-state index is 0.157. The van der Waals surface area contributed by atoms with Gasteiger partial charge in [-0.25, -0.2) is 4.98 Å². The molecular formula is C22H31N3O2. The van der Waals surface area contributed by atoms with E-state index in [0.29, 0.717) is 6.04 Å². The van der Waals surface area contributed by atoms with Crippen molar-refractivity contribution in [3.05, 3.63) is 30.2 Å². The minimum absolute atomic E-state index is 0.157. The van der Waals surface area contributed by atoms with Crippen molar-refractivity contribution in [2.24, 2.45) is 5.92 Å². The topological polar surface area (TPSA) is 58.4 Å². The molecule has 1 aromatic carbocycles. The first-order valence-electron chi connectivity index (χ1n) is 10.6. The largest absolute Gasteiger partial charge is 0.441 e. The van der Waals surface area contributed by atoms with Crippen molar-refractivity contribution in [2.45, 2.75) is 63.8 Å². The van der Waals surface area contributed by atoms with Gasteiger partial charge in [0.05, 0.1) is 5.92 Å². The van der Waals surface area contributed by atoms with Crippen LogP contribution >= 0.6 is 0 Å². The van der Waals surface area contributed by atoms with Crippen molar-refractivity contribution >= 4 is 17.0 Å². The van der Waals surface area contributed by atoms with Crippen LogP contribution in [0.25, 0.3) is 11.1 Å². The lowest BCUT2D eigenvalue weighted by atomic mass is 9.93. The van der Waals surface area contributed by atoms with Crippen molar-refractivity contribution in [1.82, 2.24) is 15.2 Å². The van der Waals surface area contributed by atoms with Crippen LogP contribution in [-0.4, -0.2) is 41.5 Å². The lowest BCUT2D eigenvalue weighted by molar-refractivity contribution is -0.127. The predicted octanol–water partition coefficient (Wildman–Crippen LogP) is 3.92. The maximum absolute atomic E-state index is 12.6. The molecule has 1 N–H and O–H groups in total. The van der Waals surface area contributed by atoms with E-state index in [2.05, 4.69) is 15.2 Å². The summed E-state index contributed by atoms with van der Waals surface area (Å²) in [5.41, 5.74) is 1.80. The van der Waals surface area contributed by atoms with E-state index in [9.17, 15) is 4.79 Å². The number of rotatable bonds is 6. The van der Waals surface area contributed by atoms with E-state index in [1.165, 1.54) is 19.3 Å². The summed E-state index contributed by atoms with van der Waals surface area (Å²) in [6.45, 7) is 3.00. The number of oxazole rings is 1. The fraction of sp³-hybridized carbons (Fsp3) is 0.636. The number of aryl methyl sites for hydroxylation is 1. The Morgan fingerprint density at radius 3 is 2.85 bits per heavy atom. The Morgan fingerprint density at radius 2 is 2.00 bits per heavy atom. The molecule has 1 aliphatic heterocycles. The van der Waals surface area contributed by atoms with Crippen molar-refractivity contribution in [2.75, 3.05) is 19.6 Å². The van der Waals surface area contributed by atoms with Gasteiger partial charge in [-0.3, -0.25) is 4.79 Å². The Morgan fingerprint density at radius 1 is 1.15 bits per heavy atom. The average Bonchev–Trinajstić information content (AvgIpc) is 3.12. The summed E-state index contributed by atoms with van der Waals surface area (Å²) in [7, 11) is 0. The zero-order valence-corrected chi connectivity index (χ0v) is 16.2. The number of nitrogens with zero attached hydrogens (tertiary/aromatic N) is 2. The molecule has 1 saturated heterocycles. The molecule has 0 bridgehead atoms. The van der Waals surface area contributed by atoms with Gasteiger partial charge >= 0.3 is 0 Å². The summed E-state index contributed by atoms with van der Waals surface area (Å²) < 4.78 is 5.81. The van der Waals surface area contributed by atoms with Gasteiger partial charge in [-0.15, -0.1) is 0 Å². The molecule has 0 spiro atoms. The molecule has 1 aliphatic carbocycles. The van der Waals surface area contributed by atoms with Gasteiger partial charge in [0.25, 0.3) is 0 Å². The summed E-state index contributed by atoms with van der Waals surface area (Å²) in [4.78, 5) is 19.6. The van der Waals surface area contributed by atoms with Crippen LogP contribution in [0.5, 0.6) is 0 Å². The zero-order valence-electron chi connectivity index (χ0n) is 16.2.